The molecule has 4 nitrogen and oxygen atoms in total. The summed E-state index contributed by atoms with van der Waals surface area (Å²) in [5.74, 6) is -0.132. The van der Waals surface area contributed by atoms with Crippen LogP contribution in [-0.2, 0) is 4.79 Å². The van der Waals surface area contributed by atoms with Crippen molar-refractivity contribution in [2.75, 3.05) is 10.8 Å². The second kappa shape index (κ2) is 3.91. The fourth-order valence-electron chi connectivity index (χ4n) is 1.02. The van der Waals surface area contributed by atoms with Crippen molar-refractivity contribution in [3.8, 4) is 0 Å². The van der Waals surface area contributed by atoms with Gasteiger partial charge in [-0.25, -0.2) is 0 Å². The summed E-state index contributed by atoms with van der Waals surface area (Å²) in [5.41, 5.74) is 4.22. The van der Waals surface area contributed by atoms with Gasteiger partial charge >= 0.3 is 0 Å². The van der Waals surface area contributed by atoms with E-state index in [0.29, 0.717) is 11.4 Å². The Morgan fingerprint density at radius 2 is 2.15 bits per heavy atom. The summed E-state index contributed by atoms with van der Waals surface area (Å²) in [6, 6.07) is 5.25. The molecule has 0 unspecified atom stereocenters. The maximum absolute atomic E-state index is 10.7. The fourth-order valence-corrected chi connectivity index (χ4v) is 1.02. The van der Waals surface area contributed by atoms with E-state index in [4.69, 9.17) is 5.21 Å². The van der Waals surface area contributed by atoms with Crippen LogP contribution in [-0.4, -0.2) is 11.1 Å². The van der Waals surface area contributed by atoms with Crippen LogP contribution in [0.5, 0.6) is 0 Å². The number of carbonyl (C=O) groups is 1. The molecule has 0 aliphatic heterocycles. The summed E-state index contributed by atoms with van der Waals surface area (Å²) in [4.78, 5) is 10.7. The van der Waals surface area contributed by atoms with E-state index in [1.807, 2.05) is 13.0 Å². The number of rotatable bonds is 2. The van der Waals surface area contributed by atoms with E-state index < -0.39 is 0 Å². The minimum absolute atomic E-state index is 0.132. The molecule has 1 rings (SSSR count). The topological polar surface area (TPSA) is 61.4 Å². The van der Waals surface area contributed by atoms with Crippen LogP contribution in [0.1, 0.15) is 12.5 Å². The number of carbonyl (C=O) groups excluding carboxylic acids is 1. The standard InChI is InChI=1S/C9H12N2O2/c1-6-3-4-8(10-7(2)12)5-9(6)11-13/h3-5,11,13H,1-2H3,(H,10,12). The second-order valence-corrected chi connectivity index (χ2v) is 2.82. The van der Waals surface area contributed by atoms with Crippen LogP contribution in [0.25, 0.3) is 0 Å². The van der Waals surface area contributed by atoms with Crippen LogP contribution >= 0.6 is 0 Å². The van der Waals surface area contributed by atoms with Gasteiger partial charge in [-0.3, -0.25) is 15.5 Å². The summed E-state index contributed by atoms with van der Waals surface area (Å²) in [6.07, 6.45) is 0. The molecule has 0 saturated heterocycles. The minimum atomic E-state index is -0.132. The zero-order chi connectivity index (χ0) is 9.84. The van der Waals surface area contributed by atoms with Crippen molar-refractivity contribution in [1.82, 2.24) is 0 Å². The van der Waals surface area contributed by atoms with Gasteiger partial charge in [-0.15, -0.1) is 0 Å². The average Bonchev–Trinajstić information content (AvgIpc) is 2.07. The Balaban J connectivity index is 2.92. The summed E-state index contributed by atoms with van der Waals surface area (Å²) >= 11 is 0. The van der Waals surface area contributed by atoms with Gasteiger partial charge in [0.1, 0.15) is 0 Å². The van der Waals surface area contributed by atoms with Crippen molar-refractivity contribution >= 4 is 17.3 Å². The molecule has 3 N–H and O–H groups in total. The van der Waals surface area contributed by atoms with E-state index in [1.54, 1.807) is 12.1 Å². The predicted octanol–water partition coefficient (Wildman–Crippen LogP) is 1.75. The Morgan fingerprint density at radius 3 is 2.69 bits per heavy atom. The lowest BCUT2D eigenvalue weighted by molar-refractivity contribution is -0.114. The Hall–Kier alpha value is -1.55. The number of anilines is 2. The highest BCUT2D eigenvalue weighted by Crippen LogP contribution is 2.19. The molecule has 0 radical (unpaired) electrons. The van der Waals surface area contributed by atoms with E-state index in [9.17, 15) is 4.79 Å². The van der Waals surface area contributed by atoms with Crippen molar-refractivity contribution in [2.24, 2.45) is 0 Å². The molecule has 0 atom stereocenters. The summed E-state index contributed by atoms with van der Waals surface area (Å²) < 4.78 is 0. The van der Waals surface area contributed by atoms with Crippen molar-refractivity contribution in [2.45, 2.75) is 13.8 Å². The van der Waals surface area contributed by atoms with Gasteiger partial charge in [0.15, 0.2) is 0 Å². The van der Waals surface area contributed by atoms with Crippen molar-refractivity contribution in [1.29, 1.82) is 0 Å². The first kappa shape index (κ1) is 9.54. The Kier molecular flexibility index (Phi) is 2.87. The second-order valence-electron chi connectivity index (χ2n) is 2.82. The number of benzene rings is 1. The van der Waals surface area contributed by atoms with Gasteiger partial charge in [-0.2, -0.15) is 0 Å². The maximum atomic E-state index is 10.7. The van der Waals surface area contributed by atoms with Gasteiger partial charge in [-0.1, -0.05) is 6.07 Å². The molecule has 1 aromatic carbocycles. The SMILES string of the molecule is CC(=O)Nc1ccc(C)c(NO)c1. The smallest absolute Gasteiger partial charge is 0.221 e. The molecule has 0 fully saturated rings. The molecule has 0 saturated carbocycles. The van der Waals surface area contributed by atoms with Gasteiger partial charge in [0.25, 0.3) is 0 Å². The Labute approximate surface area is 76.5 Å². The van der Waals surface area contributed by atoms with E-state index in [-0.39, 0.29) is 5.91 Å². The minimum Gasteiger partial charge on any atom is -0.326 e. The monoisotopic (exact) mass is 180 g/mol. The van der Waals surface area contributed by atoms with Crippen LogP contribution in [0.2, 0.25) is 0 Å². The van der Waals surface area contributed by atoms with Crippen molar-refractivity contribution in [3.05, 3.63) is 23.8 Å². The Morgan fingerprint density at radius 1 is 1.46 bits per heavy atom. The number of amides is 1. The molecular weight excluding hydrogens is 168 g/mol. The van der Waals surface area contributed by atoms with E-state index in [2.05, 4.69) is 10.8 Å². The van der Waals surface area contributed by atoms with Gasteiger partial charge in [0.2, 0.25) is 5.91 Å². The van der Waals surface area contributed by atoms with Crippen LogP contribution in [0.15, 0.2) is 18.2 Å². The zero-order valence-corrected chi connectivity index (χ0v) is 7.59. The van der Waals surface area contributed by atoms with Crippen LogP contribution in [0.4, 0.5) is 11.4 Å². The number of nitrogens with one attached hydrogen (secondary N) is 2. The first-order chi connectivity index (χ1) is 6.13. The summed E-state index contributed by atoms with van der Waals surface area (Å²) in [5, 5.41) is 11.3. The summed E-state index contributed by atoms with van der Waals surface area (Å²) in [7, 11) is 0. The Bertz CT molecular complexity index is 323. The number of hydrogen-bond donors (Lipinski definition) is 3. The van der Waals surface area contributed by atoms with E-state index in [0.717, 1.165) is 5.56 Å². The lowest BCUT2D eigenvalue weighted by Gasteiger charge is -2.07. The molecule has 4 heteroatoms. The highest BCUT2D eigenvalue weighted by Gasteiger charge is 1.99. The fraction of sp³-hybridized carbons (Fsp3) is 0.222. The van der Waals surface area contributed by atoms with Gasteiger partial charge < -0.3 is 5.32 Å². The third kappa shape index (κ3) is 2.45. The average molecular weight is 180 g/mol. The van der Waals surface area contributed by atoms with Gasteiger partial charge in [-0.05, 0) is 24.6 Å². The molecule has 1 amide bonds. The van der Waals surface area contributed by atoms with E-state index in [1.165, 1.54) is 6.92 Å². The van der Waals surface area contributed by atoms with Crippen LogP contribution in [0, 0.1) is 6.92 Å². The van der Waals surface area contributed by atoms with E-state index >= 15 is 0 Å². The lowest BCUT2D eigenvalue weighted by Crippen LogP contribution is -2.06. The normalized spacial score (nSPS) is 9.46. The quantitative estimate of drug-likeness (QED) is 0.607. The first-order valence-electron chi connectivity index (χ1n) is 3.92. The molecule has 13 heavy (non-hydrogen) atoms. The van der Waals surface area contributed by atoms with Crippen molar-refractivity contribution < 1.29 is 10.0 Å². The van der Waals surface area contributed by atoms with Crippen molar-refractivity contribution in [3.63, 3.8) is 0 Å². The molecule has 70 valence electrons. The molecule has 0 spiro atoms. The number of aryl methyl sites for hydroxylation is 1. The lowest BCUT2D eigenvalue weighted by atomic mass is 10.2. The summed E-state index contributed by atoms with van der Waals surface area (Å²) in [6.45, 7) is 3.29. The molecule has 0 heterocycles. The van der Waals surface area contributed by atoms with Crippen LogP contribution in [0.3, 0.4) is 0 Å². The van der Waals surface area contributed by atoms with Crippen LogP contribution < -0.4 is 10.8 Å². The number of hydrogen-bond acceptors (Lipinski definition) is 3. The molecular formula is C9H12N2O2. The molecule has 0 bridgehead atoms. The molecule has 0 aliphatic rings. The molecule has 0 aromatic heterocycles. The maximum Gasteiger partial charge on any atom is 0.221 e. The highest BCUT2D eigenvalue weighted by molar-refractivity contribution is 5.89. The molecule has 0 aliphatic carbocycles. The van der Waals surface area contributed by atoms with Gasteiger partial charge in [0, 0.05) is 12.6 Å². The third-order valence-corrected chi connectivity index (χ3v) is 1.68. The highest BCUT2D eigenvalue weighted by atomic mass is 16.5. The predicted molar refractivity (Wildman–Crippen MR) is 50.9 cm³/mol. The molecule has 1 aromatic rings. The third-order valence-electron chi connectivity index (χ3n) is 1.68. The largest absolute Gasteiger partial charge is 0.326 e. The zero-order valence-electron chi connectivity index (χ0n) is 7.59. The first-order valence-corrected chi connectivity index (χ1v) is 3.92. The van der Waals surface area contributed by atoms with Gasteiger partial charge in [0.05, 0.1) is 5.69 Å².